The molecule has 4 rings (SSSR count). The zero-order valence-electron chi connectivity index (χ0n) is 25.0. The van der Waals surface area contributed by atoms with Crippen molar-refractivity contribution < 1.29 is 27.5 Å². The summed E-state index contributed by atoms with van der Waals surface area (Å²) >= 11 is 13.1. The highest BCUT2D eigenvalue weighted by Crippen LogP contribution is 2.35. The third-order valence-corrected chi connectivity index (χ3v) is 9.90. The van der Waals surface area contributed by atoms with E-state index in [1.165, 1.54) is 11.8 Å². The van der Waals surface area contributed by atoms with Crippen LogP contribution in [-0.4, -0.2) is 62.7 Å². The largest absolute Gasteiger partial charge is 0.486 e. The fourth-order valence-electron chi connectivity index (χ4n) is 4.76. The van der Waals surface area contributed by atoms with Crippen LogP contribution in [0.25, 0.3) is 0 Å². The molecule has 12 heteroatoms. The van der Waals surface area contributed by atoms with Gasteiger partial charge in [0.25, 0.3) is 0 Å². The summed E-state index contributed by atoms with van der Waals surface area (Å²) in [6.07, 6.45) is 0.863. The molecule has 0 saturated heterocycles. The molecule has 0 bridgehead atoms. The lowest BCUT2D eigenvalue weighted by Gasteiger charge is -2.34. The van der Waals surface area contributed by atoms with Gasteiger partial charge in [-0.3, -0.25) is 13.9 Å². The van der Waals surface area contributed by atoms with Crippen molar-refractivity contribution in [3.05, 3.63) is 87.9 Å². The van der Waals surface area contributed by atoms with E-state index in [0.29, 0.717) is 46.7 Å². The molecular weight excluding hydrogens is 625 g/mol. The minimum atomic E-state index is -3.95. The predicted molar refractivity (Wildman–Crippen MR) is 173 cm³/mol. The Kier molecular flexibility index (Phi) is 11.4. The summed E-state index contributed by atoms with van der Waals surface area (Å²) < 4.78 is 39.2. The van der Waals surface area contributed by atoms with Crippen molar-refractivity contribution in [2.45, 2.75) is 52.2 Å². The highest BCUT2D eigenvalue weighted by atomic mass is 35.5. The van der Waals surface area contributed by atoms with Crippen molar-refractivity contribution in [2.75, 3.05) is 29.8 Å². The first-order chi connectivity index (χ1) is 21.0. The Balaban J connectivity index is 1.79. The number of carbonyl (C=O) groups is 2. The van der Waals surface area contributed by atoms with Crippen LogP contribution < -0.4 is 19.1 Å². The van der Waals surface area contributed by atoms with E-state index in [2.05, 4.69) is 5.32 Å². The zero-order chi connectivity index (χ0) is 31.9. The number of rotatable bonds is 13. The van der Waals surface area contributed by atoms with Crippen molar-refractivity contribution in [3.63, 3.8) is 0 Å². The van der Waals surface area contributed by atoms with Crippen LogP contribution >= 0.6 is 23.2 Å². The second-order valence-electron chi connectivity index (χ2n) is 10.5. The first-order valence-corrected chi connectivity index (χ1v) is 16.9. The molecular formula is C32H37Cl2N3O6S. The summed E-state index contributed by atoms with van der Waals surface area (Å²) in [5.74, 6) is -0.364. The van der Waals surface area contributed by atoms with Crippen LogP contribution in [0.3, 0.4) is 0 Å². The molecule has 1 N–H and O–H groups in total. The Bertz CT molecular complexity index is 1550. The molecule has 0 radical (unpaired) electrons. The molecule has 236 valence electrons. The van der Waals surface area contributed by atoms with E-state index in [9.17, 15) is 18.0 Å². The molecule has 44 heavy (non-hydrogen) atoms. The molecule has 0 aliphatic carbocycles. The number of nitrogens with zero attached hydrogens (tertiary/aromatic N) is 2. The number of sulfonamides is 1. The summed E-state index contributed by atoms with van der Waals surface area (Å²) in [6.45, 7) is 5.33. The van der Waals surface area contributed by atoms with Gasteiger partial charge in [0, 0.05) is 40.7 Å². The van der Waals surface area contributed by atoms with Gasteiger partial charge in [-0.2, -0.15) is 0 Å². The molecule has 3 aromatic carbocycles. The van der Waals surface area contributed by atoms with Crippen LogP contribution in [0.5, 0.6) is 11.5 Å². The lowest BCUT2D eigenvalue weighted by Crippen LogP contribution is -2.54. The summed E-state index contributed by atoms with van der Waals surface area (Å²) in [4.78, 5) is 29.6. The second kappa shape index (κ2) is 15.0. The molecule has 2 amide bonds. The lowest BCUT2D eigenvalue weighted by molar-refractivity contribution is -0.140. The third kappa shape index (κ3) is 8.16. The molecule has 1 aliphatic rings. The summed E-state index contributed by atoms with van der Waals surface area (Å²) in [5, 5.41) is 3.64. The number of hydrogen-bond acceptors (Lipinski definition) is 6. The number of benzene rings is 3. The molecule has 1 heterocycles. The molecule has 0 saturated carbocycles. The average Bonchev–Trinajstić information content (AvgIpc) is 3.02. The Hall–Kier alpha value is -3.47. The third-order valence-electron chi connectivity index (χ3n) is 7.46. The highest BCUT2D eigenvalue weighted by molar-refractivity contribution is 7.92. The van der Waals surface area contributed by atoms with Crippen LogP contribution in [-0.2, 0) is 32.6 Å². The molecule has 9 nitrogen and oxygen atoms in total. The Morgan fingerprint density at radius 3 is 2.23 bits per heavy atom. The van der Waals surface area contributed by atoms with E-state index in [0.717, 1.165) is 9.87 Å². The fraction of sp³-hybridized carbons (Fsp3) is 0.375. The van der Waals surface area contributed by atoms with Crippen LogP contribution in [0.2, 0.25) is 10.0 Å². The van der Waals surface area contributed by atoms with E-state index in [1.54, 1.807) is 36.4 Å². The van der Waals surface area contributed by atoms with Gasteiger partial charge < -0.3 is 19.7 Å². The molecule has 1 aliphatic heterocycles. The number of halogens is 2. The average molecular weight is 663 g/mol. The van der Waals surface area contributed by atoms with Crippen molar-refractivity contribution in [1.29, 1.82) is 0 Å². The Labute approximate surface area is 269 Å². The van der Waals surface area contributed by atoms with Gasteiger partial charge in [-0.05, 0) is 50.1 Å². The topological polar surface area (TPSA) is 105 Å². The number of hydrogen-bond donors (Lipinski definition) is 1. The second-order valence-corrected chi connectivity index (χ2v) is 13.5. The van der Waals surface area contributed by atoms with Crippen LogP contribution in [0.15, 0.2) is 66.7 Å². The number of carbonyl (C=O) groups excluding carboxylic acids is 2. The van der Waals surface area contributed by atoms with Gasteiger partial charge in [0.15, 0.2) is 11.5 Å². The van der Waals surface area contributed by atoms with Gasteiger partial charge in [-0.25, -0.2) is 8.42 Å². The van der Waals surface area contributed by atoms with Crippen molar-refractivity contribution in [2.24, 2.45) is 0 Å². The summed E-state index contributed by atoms with van der Waals surface area (Å²) in [6, 6.07) is 17.9. The quantitative estimate of drug-likeness (QED) is 0.260. The van der Waals surface area contributed by atoms with E-state index < -0.39 is 28.5 Å². The van der Waals surface area contributed by atoms with Crippen LogP contribution in [0, 0.1) is 0 Å². The summed E-state index contributed by atoms with van der Waals surface area (Å²) in [5.41, 5.74) is 1.51. The zero-order valence-corrected chi connectivity index (χ0v) is 27.3. The maximum absolute atomic E-state index is 14.4. The van der Waals surface area contributed by atoms with Gasteiger partial charge >= 0.3 is 0 Å². The van der Waals surface area contributed by atoms with Gasteiger partial charge in [0.1, 0.15) is 25.8 Å². The van der Waals surface area contributed by atoms with Crippen molar-refractivity contribution in [3.8, 4) is 11.5 Å². The van der Waals surface area contributed by atoms with Crippen molar-refractivity contribution in [1.82, 2.24) is 10.2 Å². The monoisotopic (exact) mass is 661 g/mol. The fourth-order valence-corrected chi connectivity index (χ4v) is 6.33. The Morgan fingerprint density at radius 1 is 0.932 bits per heavy atom. The van der Waals surface area contributed by atoms with Gasteiger partial charge in [0.2, 0.25) is 21.8 Å². The SMILES string of the molecule is CC[C@H](C)NC(=O)[C@H](Cc1ccccc1)N(Cc1c(Cl)cccc1Cl)C(=O)CN(c1ccc2c(c1)OCCO2)S(=O)(=O)CC. The molecule has 0 aromatic heterocycles. The highest BCUT2D eigenvalue weighted by Gasteiger charge is 2.35. The minimum Gasteiger partial charge on any atom is -0.486 e. The van der Waals surface area contributed by atoms with E-state index in [-0.39, 0.29) is 36.4 Å². The van der Waals surface area contributed by atoms with Crippen molar-refractivity contribution >= 4 is 50.7 Å². The minimum absolute atomic E-state index is 0.121. The number of nitrogens with one attached hydrogen (secondary N) is 1. The Morgan fingerprint density at radius 2 is 1.59 bits per heavy atom. The molecule has 0 unspecified atom stereocenters. The molecule has 0 spiro atoms. The van der Waals surface area contributed by atoms with Gasteiger partial charge in [-0.1, -0.05) is 66.5 Å². The van der Waals surface area contributed by atoms with Crippen LogP contribution in [0.4, 0.5) is 5.69 Å². The number of ether oxygens (including phenoxy) is 2. The molecule has 3 aromatic rings. The standard InChI is InChI=1S/C32H37Cl2N3O6S/c1-4-22(3)35-32(39)28(18-23-10-7-6-8-11-23)36(20-25-26(33)12-9-13-27(25)34)31(38)21-37(44(40,41)5-2)24-14-15-29-30(19-24)43-17-16-42-29/h6-15,19,22,28H,4-5,16-18,20-21H2,1-3H3,(H,35,39)/t22-,28-/m0/s1. The molecule has 0 fully saturated rings. The first kappa shape index (κ1) is 33.4. The first-order valence-electron chi connectivity index (χ1n) is 14.5. The lowest BCUT2D eigenvalue weighted by atomic mass is 10.0. The number of anilines is 1. The van der Waals surface area contributed by atoms with E-state index in [1.807, 2.05) is 44.2 Å². The normalized spacial score (nSPS) is 13.9. The van der Waals surface area contributed by atoms with E-state index >= 15 is 0 Å². The van der Waals surface area contributed by atoms with E-state index in [4.69, 9.17) is 32.7 Å². The predicted octanol–water partition coefficient (Wildman–Crippen LogP) is 5.48. The van der Waals surface area contributed by atoms with Crippen LogP contribution in [0.1, 0.15) is 38.3 Å². The molecule has 2 atom stereocenters. The maximum atomic E-state index is 14.4. The van der Waals surface area contributed by atoms with Gasteiger partial charge in [0.05, 0.1) is 11.4 Å². The van der Waals surface area contributed by atoms with Gasteiger partial charge in [-0.15, -0.1) is 0 Å². The smallest absolute Gasteiger partial charge is 0.244 e. The number of fused-ring (bicyclic) bond motifs is 1. The number of amides is 2. The summed E-state index contributed by atoms with van der Waals surface area (Å²) in [7, 11) is -3.95. The maximum Gasteiger partial charge on any atom is 0.244 e.